The van der Waals surface area contributed by atoms with Gasteiger partial charge in [0.2, 0.25) is 0 Å². The monoisotopic (exact) mass is 384 g/mol. The molecule has 0 unspecified atom stereocenters. The van der Waals surface area contributed by atoms with Gasteiger partial charge in [0.05, 0.1) is 26.4 Å². The Morgan fingerprint density at radius 1 is 0.727 bits per heavy atom. The first-order valence-corrected chi connectivity index (χ1v) is 7.88. The Labute approximate surface area is 148 Å². The molecular formula is C8H18Cl2MgO11. The Balaban J connectivity index is -0.000000124. The van der Waals surface area contributed by atoms with Crippen LogP contribution in [0, 0.1) is 20.5 Å². The van der Waals surface area contributed by atoms with Gasteiger partial charge < -0.3 is 14.6 Å². The van der Waals surface area contributed by atoms with Gasteiger partial charge in [0, 0.05) is 6.61 Å². The molecular weight excluding hydrogens is 367 g/mol. The van der Waals surface area contributed by atoms with E-state index in [-0.39, 0.29) is 29.7 Å². The zero-order valence-electron chi connectivity index (χ0n) is 11.9. The minimum absolute atomic E-state index is 0. The summed E-state index contributed by atoms with van der Waals surface area (Å²) in [5, 5.41) is 8.34. The van der Waals surface area contributed by atoms with Crippen LogP contribution in [0.3, 0.4) is 0 Å². The normalized spacial score (nSPS) is 10.6. The molecule has 0 fully saturated rings. The molecule has 0 amide bonds. The molecule has 11 nitrogen and oxygen atoms in total. The van der Waals surface area contributed by atoms with Crippen LogP contribution >= 0.6 is 0 Å². The fourth-order valence-corrected chi connectivity index (χ4v) is 0.633. The molecule has 0 aliphatic carbocycles. The van der Waals surface area contributed by atoms with Crippen molar-refractivity contribution in [3.8, 4) is 0 Å². The molecule has 0 aromatic carbocycles. The van der Waals surface area contributed by atoms with E-state index in [9.17, 15) is 0 Å². The Morgan fingerprint density at radius 3 is 1.32 bits per heavy atom. The van der Waals surface area contributed by atoms with Crippen LogP contribution in [0.2, 0.25) is 0 Å². The summed E-state index contributed by atoms with van der Waals surface area (Å²) in [5.74, 6) is 0. The molecule has 0 saturated carbocycles. The standard InChI is InChI=1S/C8H18O3.2ClHO4.Mg/c1-2-3-5-10-7-8-11-6-4-9;2*2-1(3,4)5;/h9H,2-8H2,1H3;2*(H,2,3,4,5);/q;;;+2/p-2. The molecule has 0 rings (SSSR count). The zero-order chi connectivity index (χ0) is 17.4. The van der Waals surface area contributed by atoms with Gasteiger partial charge in [-0.2, -0.15) is 0 Å². The minimum Gasteiger partial charge on any atom is -0.394 e. The molecule has 0 aliphatic heterocycles. The maximum absolute atomic E-state index is 8.49. The SMILES string of the molecule is CCCCOCCOCCO.[Mg+2].[O-][Cl+3]([O-])([O-])[O-].[O-][Cl+3]([O-])([O-])[O-]. The quantitative estimate of drug-likeness (QED) is 0.305. The van der Waals surface area contributed by atoms with E-state index in [1.165, 1.54) is 0 Å². The molecule has 0 atom stereocenters. The first-order chi connectivity index (χ1) is 9.41. The van der Waals surface area contributed by atoms with Crippen molar-refractivity contribution in [3.63, 3.8) is 0 Å². The molecule has 0 bridgehead atoms. The molecule has 0 saturated heterocycles. The third kappa shape index (κ3) is 104. The summed E-state index contributed by atoms with van der Waals surface area (Å²) in [6, 6.07) is 0. The van der Waals surface area contributed by atoms with Crippen LogP contribution in [-0.2, 0) is 9.47 Å². The Morgan fingerprint density at radius 2 is 1.05 bits per heavy atom. The maximum atomic E-state index is 8.49. The van der Waals surface area contributed by atoms with Gasteiger partial charge in [-0.3, -0.25) is 0 Å². The van der Waals surface area contributed by atoms with Crippen LogP contribution in [0.15, 0.2) is 0 Å². The van der Waals surface area contributed by atoms with Crippen molar-refractivity contribution in [1.82, 2.24) is 0 Å². The van der Waals surface area contributed by atoms with Crippen molar-refractivity contribution in [2.45, 2.75) is 19.8 Å². The van der Waals surface area contributed by atoms with Crippen molar-refractivity contribution < 1.29 is 72.3 Å². The smallest absolute Gasteiger partial charge is 0.394 e. The third-order valence-corrected chi connectivity index (χ3v) is 1.25. The number of rotatable bonds is 8. The van der Waals surface area contributed by atoms with E-state index in [0.29, 0.717) is 19.8 Å². The van der Waals surface area contributed by atoms with Crippen LogP contribution in [0.25, 0.3) is 0 Å². The van der Waals surface area contributed by atoms with Crippen molar-refractivity contribution in [1.29, 1.82) is 0 Å². The van der Waals surface area contributed by atoms with E-state index < -0.39 is 20.5 Å². The van der Waals surface area contributed by atoms with Crippen LogP contribution < -0.4 is 37.3 Å². The molecule has 0 radical (unpaired) electrons. The number of hydrogen-bond donors (Lipinski definition) is 1. The van der Waals surface area contributed by atoms with Gasteiger partial charge in [0.1, 0.15) is 0 Å². The second-order valence-corrected chi connectivity index (χ2v) is 4.57. The number of unbranched alkanes of at least 4 members (excludes halogenated alkanes) is 1. The molecule has 0 aromatic rings. The Kier molecular flexibility index (Phi) is 27.9. The topological polar surface area (TPSA) is 223 Å². The first kappa shape index (κ1) is 30.8. The third-order valence-electron chi connectivity index (χ3n) is 1.25. The van der Waals surface area contributed by atoms with E-state index in [2.05, 4.69) is 6.92 Å². The fourth-order valence-electron chi connectivity index (χ4n) is 0.633. The van der Waals surface area contributed by atoms with E-state index in [1.807, 2.05) is 0 Å². The van der Waals surface area contributed by atoms with Crippen molar-refractivity contribution in [3.05, 3.63) is 0 Å². The van der Waals surface area contributed by atoms with Gasteiger partial charge in [-0.15, -0.1) is 20.5 Å². The minimum atomic E-state index is -4.94. The van der Waals surface area contributed by atoms with Gasteiger partial charge in [-0.25, -0.2) is 37.3 Å². The van der Waals surface area contributed by atoms with Crippen molar-refractivity contribution in [2.75, 3.05) is 33.0 Å². The van der Waals surface area contributed by atoms with Gasteiger partial charge in [-0.1, -0.05) is 13.3 Å². The molecule has 132 valence electrons. The van der Waals surface area contributed by atoms with Gasteiger partial charge in [0.15, 0.2) is 0 Å². The van der Waals surface area contributed by atoms with E-state index in [1.54, 1.807) is 0 Å². The number of halogens is 2. The molecule has 0 spiro atoms. The second kappa shape index (κ2) is 20.0. The molecule has 14 heteroatoms. The number of aliphatic hydroxyl groups excluding tert-OH is 1. The Hall–Kier alpha value is 0.906. The van der Waals surface area contributed by atoms with Crippen molar-refractivity contribution >= 4 is 23.1 Å². The van der Waals surface area contributed by atoms with Crippen LogP contribution in [0.5, 0.6) is 0 Å². The first-order valence-electron chi connectivity index (χ1n) is 5.41. The molecule has 0 aliphatic rings. The summed E-state index contributed by atoms with van der Waals surface area (Å²) < 4.78 is 78.1. The van der Waals surface area contributed by atoms with Crippen molar-refractivity contribution in [2.24, 2.45) is 0 Å². The maximum Gasteiger partial charge on any atom is 2.00 e. The second-order valence-electron chi connectivity index (χ2n) is 3.06. The zero-order valence-corrected chi connectivity index (χ0v) is 14.9. The fraction of sp³-hybridized carbons (Fsp3) is 1.00. The number of hydrogen-bond acceptors (Lipinski definition) is 11. The predicted octanol–water partition coefficient (Wildman–Crippen LogP) is -9.08. The van der Waals surface area contributed by atoms with Crippen LogP contribution in [-0.4, -0.2) is 61.2 Å². The summed E-state index contributed by atoms with van der Waals surface area (Å²) in [6.07, 6.45) is 2.28. The molecule has 1 N–H and O–H groups in total. The van der Waals surface area contributed by atoms with E-state index >= 15 is 0 Å². The van der Waals surface area contributed by atoms with E-state index in [4.69, 9.17) is 51.9 Å². The molecule has 22 heavy (non-hydrogen) atoms. The van der Waals surface area contributed by atoms with Gasteiger partial charge >= 0.3 is 23.1 Å². The number of ether oxygens (including phenoxy) is 2. The summed E-state index contributed by atoms with van der Waals surface area (Å²) in [6.45, 7) is 4.68. The summed E-state index contributed by atoms with van der Waals surface area (Å²) in [7, 11) is -9.89. The Bertz CT molecular complexity index is 168. The van der Waals surface area contributed by atoms with Crippen LogP contribution in [0.1, 0.15) is 19.8 Å². The number of aliphatic hydroxyl groups is 1. The summed E-state index contributed by atoms with van der Waals surface area (Å²) in [5.41, 5.74) is 0. The van der Waals surface area contributed by atoms with E-state index in [0.717, 1.165) is 19.4 Å². The molecule has 0 aromatic heterocycles. The van der Waals surface area contributed by atoms with Gasteiger partial charge in [0.25, 0.3) is 0 Å². The predicted molar refractivity (Wildman–Crippen MR) is 49.4 cm³/mol. The average Bonchev–Trinajstić information content (AvgIpc) is 2.23. The summed E-state index contributed by atoms with van der Waals surface area (Å²) >= 11 is 0. The summed E-state index contributed by atoms with van der Waals surface area (Å²) in [4.78, 5) is 0. The molecule has 0 heterocycles. The van der Waals surface area contributed by atoms with Crippen LogP contribution in [0.4, 0.5) is 0 Å². The average molecular weight is 385 g/mol. The largest absolute Gasteiger partial charge is 2.00 e. The van der Waals surface area contributed by atoms with Gasteiger partial charge in [-0.05, 0) is 6.42 Å².